The molecule has 1 unspecified atom stereocenters. The molecule has 9 heteroatoms. The maximum absolute atomic E-state index is 14.0. The van der Waals surface area contributed by atoms with Gasteiger partial charge in [-0.25, -0.2) is 23.4 Å². The van der Waals surface area contributed by atoms with Gasteiger partial charge in [-0.1, -0.05) is 48.0 Å². The number of nitrogens with zero attached hydrogens (tertiary/aromatic N) is 1. The lowest BCUT2D eigenvalue weighted by Crippen LogP contribution is -2.41. The third-order valence-corrected chi connectivity index (χ3v) is 10.4. The Bertz CT molecular complexity index is 1370. The highest BCUT2D eigenvalue weighted by molar-refractivity contribution is 8.09. The summed E-state index contributed by atoms with van der Waals surface area (Å²) in [6, 6.07) is 17.8. The van der Waals surface area contributed by atoms with Crippen LogP contribution in [0.2, 0.25) is 0 Å². The van der Waals surface area contributed by atoms with Crippen LogP contribution in [0, 0.1) is 13.5 Å². The van der Waals surface area contributed by atoms with E-state index in [2.05, 4.69) is 4.85 Å². The van der Waals surface area contributed by atoms with E-state index in [0.29, 0.717) is 5.56 Å². The van der Waals surface area contributed by atoms with Crippen LogP contribution in [0.1, 0.15) is 16.7 Å². The molecule has 172 valence electrons. The molecule has 3 aromatic rings. The highest BCUT2D eigenvalue weighted by atomic mass is 32.3. The first-order valence-corrected chi connectivity index (χ1v) is 12.9. The van der Waals surface area contributed by atoms with Crippen molar-refractivity contribution in [1.29, 1.82) is 0 Å². The first-order chi connectivity index (χ1) is 15.6. The molecular weight excluding hydrogens is 462 g/mol. The minimum absolute atomic E-state index is 0.159. The van der Waals surface area contributed by atoms with Crippen LogP contribution in [0.4, 0.5) is 0 Å². The summed E-state index contributed by atoms with van der Waals surface area (Å²) in [5.41, 5.74) is 0.877. The molecule has 0 fully saturated rings. The maximum Gasteiger partial charge on any atom is 0.455 e. The second kappa shape index (κ2) is 9.25. The SMILES string of the molecule is [C-]#[N+]C(c1cc(OC)cc(OC)c1)(S(=O)(=O)Cc1ccccc1)S(=O)(=O)c1ccc(C)cc1. The van der Waals surface area contributed by atoms with Crippen LogP contribution in [-0.4, -0.2) is 31.1 Å². The molecule has 33 heavy (non-hydrogen) atoms. The van der Waals surface area contributed by atoms with Crippen molar-refractivity contribution in [2.75, 3.05) is 14.2 Å². The van der Waals surface area contributed by atoms with Crippen LogP contribution in [0.15, 0.2) is 77.7 Å². The van der Waals surface area contributed by atoms with Crippen molar-refractivity contribution in [3.63, 3.8) is 0 Å². The van der Waals surface area contributed by atoms with E-state index in [1.165, 1.54) is 44.6 Å². The van der Waals surface area contributed by atoms with Crippen molar-refractivity contribution in [3.8, 4) is 11.5 Å². The summed E-state index contributed by atoms with van der Waals surface area (Å²) in [5, 5.41) is 0. The molecular formula is C24H23NO6S2. The standard InChI is InChI=1S/C24H23NO6S2/c1-18-10-12-23(13-11-18)33(28,29)24(25-2,20-14-21(30-3)16-22(15-20)31-4)32(26,27)17-19-8-6-5-7-9-19/h5-16H,17H2,1,3-4H3. The molecule has 0 spiro atoms. The van der Waals surface area contributed by atoms with Crippen LogP contribution in [0.3, 0.4) is 0 Å². The van der Waals surface area contributed by atoms with Crippen molar-refractivity contribution in [1.82, 2.24) is 0 Å². The van der Waals surface area contributed by atoms with E-state index < -0.39 is 29.6 Å². The summed E-state index contributed by atoms with van der Waals surface area (Å²) in [4.78, 5) is 3.07. The Hall–Kier alpha value is -3.35. The van der Waals surface area contributed by atoms with Gasteiger partial charge in [-0.3, -0.25) is 4.85 Å². The third kappa shape index (κ3) is 4.32. The summed E-state index contributed by atoms with van der Waals surface area (Å²) in [7, 11) is -6.72. The van der Waals surface area contributed by atoms with Crippen LogP contribution in [-0.2, 0) is 29.6 Å². The van der Waals surface area contributed by atoms with Crippen molar-refractivity contribution in [2.24, 2.45) is 0 Å². The van der Waals surface area contributed by atoms with E-state index in [1.54, 1.807) is 49.4 Å². The number of hydrogen-bond donors (Lipinski definition) is 0. The van der Waals surface area contributed by atoms with Gasteiger partial charge in [-0.15, -0.1) is 0 Å². The first-order valence-electron chi connectivity index (χ1n) is 9.81. The van der Waals surface area contributed by atoms with E-state index >= 15 is 0 Å². The van der Waals surface area contributed by atoms with Gasteiger partial charge in [-0.2, -0.15) is 0 Å². The summed E-state index contributed by atoms with van der Waals surface area (Å²) >= 11 is 0. The van der Waals surface area contributed by atoms with E-state index in [1.807, 2.05) is 0 Å². The number of benzene rings is 3. The van der Waals surface area contributed by atoms with Crippen molar-refractivity contribution in [3.05, 3.63) is 101 Å². The summed E-state index contributed by atoms with van der Waals surface area (Å²) in [6.45, 7) is 9.73. The van der Waals surface area contributed by atoms with Gasteiger partial charge in [0, 0.05) is 6.07 Å². The van der Waals surface area contributed by atoms with Gasteiger partial charge in [0.05, 0.1) is 30.4 Å². The fraction of sp³-hybridized carbons (Fsp3) is 0.208. The predicted octanol–water partition coefficient (Wildman–Crippen LogP) is 4.13. The number of rotatable bonds is 8. The van der Waals surface area contributed by atoms with Crippen LogP contribution in [0.5, 0.6) is 11.5 Å². The van der Waals surface area contributed by atoms with Gasteiger partial charge in [0.15, 0.2) is 0 Å². The molecule has 3 aromatic carbocycles. The van der Waals surface area contributed by atoms with Gasteiger partial charge < -0.3 is 9.47 Å². The van der Waals surface area contributed by atoms with Crippen LogP contribution >= 0.6 is 0 Å². The molecule has 0 bridgehead atoms. The van der Waals surface area contributed by atoms with Gasteiger partial charge >= 0.3 is 4.20 Å². The zero-order valence-corrected chi connectivity index (χ0v) is 20.0. The number of sulfone groups is 2. The van der Waals surface area contributed by atoms with E-state index in [9.17, 15) is 16.8 Å². The third-order valence-electron chi connectivity index (χ3n) is 5.18. The summed E-state index contributed by atoms with van der Waals surface area (Å²) in [6.07, 6.45) is 0. The van der Waals surface area contributed by atoms with E-state index in [-0.39, 0.29) is 22.0 Å². The largest absolute Gasteiger partial charge is 0.497 e. The first kappa shape index (κ1) is 24.3. The lowest BCUT2D eigenvalue weighted by atomic mass is 10.2. The molecule has 1 atom stereocenters. The zero-order valence-electron chi connectivity index (χ0n) is 18.3. The Labute approximate surface area is 194 Å². The maximum atomic E-state index is 14.0. The summed E-state index contributed by atoms with van der Waals surface area (Å²) < 4.78 is 63.1. The average molecular weight is 486 g/mol. The molecule has 0 amide bonds. The second-order valence-corrected chi connectivity index (χ2v) is 11.8. The van der Waals surface area contributed by atoms with Gasteiger partial charge in [0.2, 0.25) is 0 Å². The van der Waals surface area contributed by atoms with Crippen molar-refractivity contribution < 1.29 is 26.3 Å². The quantitative estimate of drug-likeness (QED) is 0.446. The van der Waals surface area contributed by atoms with Crippen molar-refractivity contribution >= 4 is 19.7 Å². The molecule has 0 saturated heterocycles. The van der Waals surface area contributed by atoms with Crippen molar-refractivity contribution in [2.45, 2.75) is 21.8 Å². The number of aryl methyl sites for hydroxylation is 1. The molecule has 0 aliphatic rings. The molecule has 3 rings (SSSR count). The Morgan fingerprint density at radius 2 is 1.39 bits per heavy atom. The Morgan fingerprint density at radius 1 is 0.848 bits per heavy atom. The normalized spacial score (nSPS) is 13.5. The zero-order chi connectivity index (χ0) is 24.3. The van der Waals surface area contributed by atoms with E-state index in [0.717, 1.165) is 5.56 Å². The molecule has 7 nitrogen and oxygen atoms in total. The summed E-state index contributed by atoms with van der Waals surface area (Å²) in [5.74, 6) is -0.335. The highest BCUT2D eigenvalue weighted by Crippen LogP contribution is 2.46. The smallest absolute Gasteiger partial charge is 0.455 e. The Balaban J connectivity index is 2.40. The molecule has 0 aliphatic carbocycles. The van der Waals surface area contributed by atoms with Gasteiger partial charge in [0.1, 0.15) is 11.5 Å². The molecule has 0 aliphatic heterocycles. The second-order valence-electron chi connectivity index (χ2n) is 7.36. The Kier molecular flexibility index (Phi) is 6.81. The van der Waals surface area contributed by atoms with Crippen LogP contribution < -0.4 is 9.47 Å². The number of methoxy groups -OCH3 is 2. The van der Waals surface area contributed by atoms with Gasteiger partial charge in [-0.05, 0) is 36.8 Å². The monoisotopic (exact) mass is 485 g/mol. The fourth-order valence-electron chi connectivity index (χ4n) is 3.45. The number of hydrogen-bond acceptors (Lipinski definition) is 6. The molecule has 0 saturated carbocycles. The average Bonchev–Trinajstić information content (AvgIpc) is 2.79. The highest BCUT2D eigenvalue weighted by Gasteiger charge is 2.64. The molecule has 0 N–H and O–H groups in total. The molecule has 0 aromatic heterocycles. The minimum atomic E-state index is -4.76. The Morgan fingerprint density at radius 3 is 1.88 bits per heavy atom. The molecule has 0 radical (unpaired) electrons. The lowest BCUT2D eigenvalue weighted by molar-refractivity contribution is 0.393. The van der Waals surface area contributed by atoms with Gasteiger partial charge in [0.25, 0.3) is 19.7 Å². The fourth-order valence-corrected chi connectivity index (χ4v) is 8.06. The van der Waals surface area contributed by atoms with E-state index in [4.69, 9.17) is 16.0 Å². The molecule has 0 heterocycles. The predicted molar refractivity (Wildman–Crippen MR) is 125 cm³/mol. The number of ether oxygens (including phenoxy) is 2. The topological polar surface area (TPSA) is 91.1 Å². The minimum Gasteiger partial charge on any atom is -0.497 e. The lowest BCUT2D eigenvalue weighted by Gasteiger charge is -2.24. The van der Waals surface area contributed by atoms with Crippen LogP contribution in [0.25, 0.3) is 4.85 Å².